The molecule has 0 heterocycles. The minimum absolute atomic E-state index is 0.144. The Morgan fingerprint density at radius 3 is 2.46 bits per heavy atom. The van der Waals surface area contributed by atoms with E-state index in [1.165, 1.54) is 25.5 Å². The normalized spacial score (nSPS) is 10.8. The van der Waals surface area contributed by atoms with Crippen molar-refractivity contribution in [2.75, 3.05) is 7.11 Å². The molecule has 2 N–H and O–H groups in total. The van der Waals surface area contributed by atoms with Crippen molar-refractivity contribution in [1.29, 1.82) is 0 Å². The summed E-state index contributed by atoms with van der Waals surface area (Å²) in [5, 5.41) is 6.22. The van der Waals surface area contributed by atoms with Crippen molar-refractivity contribution in [2.24, 2.45) is 5.10 Å². The smallest absolute Gasteiger partial charge is 0.329 e. The number of methoxy groups -OCH3 is 1. The monoisotopic (exact) mass is 387 g/mol. The third-order valence-corrected chi connectivity index (χ3v) is 3.50. The zero-order chi connectivity index (χ0) is 20.5. The Kier molecular flexibility index (Phi) is 7.50. The number of halogens is 1. The highest BCUT2D eigenvalue weighted by Crippen LogP contribution is 2.28. The number of ether oxygens (including phenoxy) is 2. The van der Waals surface area contributed by atoms with E-state index in [9.17, 15) is 14.0 Å². The third-order valence-electron chi connectivity index (χ3n) is 3.50. The Hall–Kier alpha value is -3.42. The minimum Gasteiger partial charge on any atom is -0.493 e. The van der Waals surface area contributed by atoms with Crippen LogP contribution in [0.4, 0.5) is 4.39 Å². The number of hydrogen-bond acceptors (Lipinski definition) is 5. The number of nitrogens with zero attached hydrogens (tertiary/aromatic N) is 1. The molecule has 148 valence electrons. The maximum absolute atomic E-state index is 12.9. The predicted octanol–water partition coefficient (Wildman–Crippen LogP) is 2.39. The number of hydrogen-bond donors (Lipinski definition) is 2. The van der Waals surface area contributed by atoms with Gasteiger partial charge in [-0.15, -0.1) is 0 Å². The van der Waals surface area contributed by atoms with Gasteiger partial charge in [-0.25, -0.2) is 9.82 Å². The molecule has 0 aliphatic heterocycles. The van der Waals surface area contributed by atoms with Crippen molar-refractivity contribution >= 4 is 18.0 Å². The van der Waals surface area contributed by atoms with E-state index in [4.69, 9.17) is 9.47 Å². The Balaban J connectivity index is 1.97. The number of nitrogens with one attached hydrogen (secondary N) is 2. The maximum Gasteiger partial charge on any atom is 0.329 e. The van der Waals surface area contributed by atoms with E-state index in [-0.39, 0.29) is 18.5 Å². The van der Waals surface area contributed by atoms with Crippen LogP contribution in [0.15, 0.2) is 47.6 Å². The van der Waals surface area contributed by atoms with Crippen LogP contribution in [0.3, 0.4) is 0 Å². The van der Waals surface area contributed by atoms with Crippen LogP contribution in [-0.2, 0) is 16.2 Å². The topological polar surface area (TPSA) is 89.0 Å². The molecule has 0 fully saturated rings. The van der Waals surface area contributed by atoms with Crippen LogP contribution in [0.2, 0.25) is 0 Å². The van der Waals surface area contributed by atoms with Crippen molar-refractivity contribution in [3.8, 4) is 11.5 Å². The van der Waals surface area contributed by atoms with Gasteiger partial charge >= 0.3 is 11.8 Å². The first kappa shape index (κ1) is 20.9. The van der Waals surface area contributed by atoms with Gasteiger partial charge in [-0.1, -0.05) is 12.1 Å². The third kappa shape index (κ3) is 6.39. The van der Waals surface area contributed by atoms with Crippen molar-refractivity contribution in [3.63, 3.8) is 0 Å². The molecule has 2 rings (SSSR count). The average Bonchev–Trinajstić information content (AvgIpc) is 2.67. The van der Waals surface area contributed by atoms with Crippen LogP contribution in [0.5, 0.6) is 11.5 Å². The van der Waals surface area contributed by atoms with E-state index in [0.717, 1.165) is 5.56 Å². The second-order valence-electron chi connectivity index (χ2n) is 6.15. The van der Waals surface area contributed by atoms with Gasteiger partial charge in [0.25, 0.3) is 0 Å². The second-order valence-corrected chi connectivity index (χ2v) is 6.15. The van der Waals surface area contributed by atoms with Gasteiger partial charge in [0.05, 0.1) is 13.3 Å². The Morgan fingerprint density at radius 2 is 1.82 bits per heavy atom. The Bertz CT molecular complexity index is 851. The summed E-state index contributed by atoms with van der Waals surface area (Å²) in [7, 11) is 1.50. The molecule has 0 radical (unpaired) electrons. The molecule has 2 aromatic carbocycles. The fraction of sp³-hybridized carbons (Fsp3) is 0.250. The second kappa shape index (κ2) is 10.1. The molecule has 7 nitrogen and oxygen atoms in total. The van der Waals surface area contributed by atoms with E-state index in [1.54, 1.807) is 44.2 Å². The summed E-state index contributed by atoms with van der Waals surface area (Å²) in [6, 6.07) is 10.9. The highest BCUT2D eigenvalue weighted by atomic mass is 19.1. The number of amides is 2. The van der Waals surface area contributed by atoms with Crippen LogP contribution in [0, 0.1) is 5.82 Å². The SMILES string of the molecule is COc1cc(/C=N\NC(=O)C(=O)NC(C)C)ccc1OCc1ccc(F)cc1. The van der Waals surface area contributed by atoms with Gasteiger partial charge in [0, 0.05) is 6.04 Å². The van der Waals surface area contributed by atoms with E-state index < -0.39 is 11.8 Å². The molecule has 0 aliphatic rings. The molecular weight excluding hydrogens is 365 g/mol. The van der Waals surface area contributed by atoms with Gasteiger partial charge in [-0.3, -0.25) is 9.59 Å². The molecule has 8 heteroatoms. The number of rotatable bonds is 7. The highest BCUT2D eigenvalue weighted by molar-refractivity contribution is 6.35. The molecule has 28 heavy (non-hydrogen) atoms. The van der Waals surface area contributed by atoms with Crippen LogP contribution >= 0.6 is 0 Å². The predicted molar refractivity (Wildman–Crippen MR) is 103 cm³/mol. The van der Waals surface area contributed by atoms with E-state index >= 15 is 0 Å². The molecular formula is C20H22FN3O4. The molecule has 0 aromatic heterocycles. The molecule has 2 amide bonds. The van der Waals surface area contributed by atoms with Gasteiger partial charge in [0.2, 0.25) is 0 Å². The highest BCUT2D eigenvalue weighted by Gasteiger charge is 2.13. The lowest BCUT2D eigenvalue weighted by Gasteiger charge is -2.11. The summed E-state index contributed by atoms with van der Waals surface area (Å²) in [5.41, 5.74) is 3.61. The lowest BCUT2D eigenvalue weighted by molar-refractivity contribution is -0.139. The molecule has 0 spiro atoms. The molecule has 0 aliphatic carbocycles. The van der Waals surface area contributed by atoms with Crippen LogP contribution in [-0.4, -0.2) is 31.2 Å². The van der Waals surface area contributed by atoms with Gasteiger partial charge in [0.15, 0.2) is 11.5 Å². The van der Waals surface area contributed by atoms with Crippen molar-refractivity contribution < 1.29 is 23.5 Å². The molecule has 0 saturated carbocycles. The van der Waals surface area contributed by atoms with Gasteiger partial charge in [0.1, 0.15) is 12.4 Å². The lowest BCUT2D eigenvalue weighted by atomic mass is 10.2. The summed E-state index contributed by atoms with van der Waals surface area (Å²) in [6.07, 6.45) is 1.38. The summed E-state index contributed by atoms with van der Waals surface area (Å²) in [5.74, 6) is -0.941. The van der Waals surface area contributed by atoms with Crippen LogP contribution in [0.1, 0.15) is 25.0 Å². The Labute approximate surface area is 162 Å². The standard InChI is InChI=1S/C20H22FN3O4/c1-13(2)23-19(25)20(26)24-22-11-15-6-9-17(18(10-15)27-3)28-12-14-4-7-16(21)8-5-14/h4-11,13H,12H2,1-3H3,(H,23,25)(H,24,26)/b22-11-. The first-order valence-electron chi connectivity index (χ1n) is 8.58. The summed E-state index contributed by atoms with van der Waals surface area (Å²) in [6.45, 7) is 3.76. The average molecular weight is 387 g/mol. The van der Waals surface area contributed by atoms with E-state index in [2.05, 4.69) is 15.8 Å². The summed E-state index contributed by atoms with van der Waals surface area (Å²) >= 11 is 0. The van der Waals surface area contributed by atoms with Crippen molar-refractivity contribution in [2.45, 2.75) is 26.5 Å². The number of hydrazone groups is 1. The largest absolute Gasteiger partial charge is 0.493 e. The first-order chi connectivity index (χ1) is 13.4. The molecule has 2 aromatic rings. The van der Waals surface area contributed by atoms with E-state index in [1.807, 2.05) is 0 Å². The minimum atomic E-state index is -0.851. The Morgan fingerprint density at radius 1 is 1.11 bits per heavy atom. The summed E-state index contributed by atoms with van der Waals surface area (Å²) < 4.78 is 24.0. The van der Waals surface area contributed by atoms with Crippen molar-refractivity contribution in [3.05, 3.63) is 59.4 Å². The zero-order valence-electron chi connectivity index (χ0n) is 15.9. The molecule has 0 saturated heterocycles. The van der Waals surface area contributed by atoms with Gasteiger partial charge < -0.3 is 14.8 Å². The fourth-order valence-corrected chi connectivity index (χ4v) is 2.17. The molecule has 0 unspecified atom stereocenters. The van der Waals surface area contributed by atoms with E-state index in [0.29, 0.717) is 17.1 Å². The quantitative estimate of drug-likeness (QED) is 0.434. The lowest BCUT2D eigenvalue weighted by Crippen LogP contribution is -2.41. The molecule has 0 bridgehead atoms. The number of carbonyl (C=O) groups is 2. The number of carbonyl (C=O) groups excluding carboxylic acids is 2. The molecule has 0 atom stereocenters. The van der Waals surface area contributed by atoms with Gasteiger partial charge in [-0.05, 0) is 55.3 Å². The summed E-state index contributed by atoms with van der Waals surface area (Å²) in [4.78, 5) is 23.1. The van der Waals surface area contributed by atoms with Crippen molar-refractivity contribution in [1.82, 2.24) is 10.7 Å². The zero-order valence-corrected chi connectivity index (χ0v) is 15.9. The van der Waals surface area contributed by atoms with Crippen LogP contribution < -0.4 is 20.2 Å². The maximum atomic E-state index is 12.9. The first-order valence-corrected chi connectivity index (χ1v) is 8.58. The van der Waals surface area contributed by atoms with Crippen LogP contribution in [0.25, 0.3) is 0 Å². The van der Waals surface area contributed by atoms with Gasteiger partial charge in [-0.2, -0.15) is 5.10 Å². The number of benzene rings is 2. The fourth-order valence-electron chi connectivity index (χ4n) is 2.17.